The normalized spacial score (nSPS) is 8.31. The van der Waals surface area contributed by atoms with Crippen LogP contribution in [0.1, 0.15) is 0 Å². The first-order chi connectivity index (χ1) is 4.85. The molecule has 0 amide bonds. The van der Waals surface area contributed by atoms with E-state index in [2.05, 4.69) is 4.90 Å². The van der Waals surface area contributed by atoms with Gasteiger partial charge in [-0.3, -0.25) is 4.90 Å². The monoisotopic (exact) mass is 254 g/mol. The summed E-state index contributed by atoms with van der Waals surface area (Å²) in [5.74, 6) is 0. The summed E-state index contributed by atoms with van der Waals surface area (Å²) in [6.45, 7) is 4.73. The van der Waals surface area contributed by atoms with E-state index in [1.165, 1.54) is 0 Å². The van der Waals surface area contributed by atoms with E-state index in [-0.39, 0.29) is 37.2 Å². The first-order valence-electron chi connectivity index (χ1n) is 3.67. The molecule has 0 atom stereocenters. The first-order valence-corrected chi connectivity index (χ1v) is 3.67. The number of rotatable bonds is 6. The van der Waals surface area contributed by atoms with Crippen LogP contribution in [0, 0.1) is 0 Å². The molecule has 0 unspecified atom stereocenters. The van der Waals surface area contributed by atoms with Gasteiger partial charge in [0.25, 0.3) is 0 Å². The summed E-state index contributed by atoms with van der Waals surface area (Å²) in [5.41, 5.74) is 16.1. The molecule has 0 rings (SSSR count). The Bertz CT molecular complexity index is 62.6. The van der Waals surface area contributed by atoms with E-state index < -0.39 is 0 Å². The Morgan fingerprint density at radius 1 is 0.615 bits per heavy atom. The first kappa shape index (κ1) is 23.5. The Labute approximate surface area is 98.8 Å². The average molecular weight is 256 g/mol. The minimum absolute atomic E-state index is 0. The second-order valence-electron chi connectivity index (χ2n) is 2.21. The number of nitrogens with zero attached hydrogens (tertiary/aromatic N) is 1. The van der Waals surface area contributed by atoms with Crippen molar-refractivity contribution >= 4 is 37.2 Å². The fourth-order valence-electron chi connectivity index (χ4n) is 0.883. The van der Waals surface area contributed by atoms with Crippen LogP contribution in [0.2, 0.25) is 0 Å². The van der Waals surface area contributed by atoms with Gasteiger partial charge < -0.3 is 17.2 Å². The van der Waals surface area contributed by atoms with Crippen LogP contribution >= 0.6 is 37.2 Å². The van der Waals surface area contributed by atoms with Gasteiger partial charge in [0.2, 0.25) is 0 Å². The van der Waals surface area contributed by atoms with Gasteiger partial charge in [-0.05, 0) is 0 Å². The summed E-state index contributed by atoms with van der Waals surface area (Å²) in [4.78, 5) is 2.17. The molecule has 0 radical (unpaired) electrons. The van der Waals surface area contributed by atoms with Crippen molar-refractivity contribution in [2.45, 2.75) is 0 Å². The molecular weight excluding hydrogens is 234 g/mol. The van der Waals surface area contributed by atoms with Crippen LogP contribution in [0.5, 0.6) is 0 Å². The lowest BCUT2D eigenvalue weighted by atomic mass is 10.4. The Morgan fingerprint density at radius 2 is 0.846 bits per heavy atom. The van der Waals surface area contributed by atoms with E-state index in [4.69, 9.17) is 17.2 Å². The van der Waals surface area contributed by atoms with E-state index in [1.54, 1.807) is 0 Å². The Kier molecular flexibility index (Phi) is 33.4. The molecule has 0 aliphatic rings. The summed E-state index contributed by atoms with van der Waals surface area (Å²) in [6.07, 6.45) is 0. The van der Waals surface area contributed by atoms with Gasteiger partial charge in [0.15, 0.2) is 0 Å². The Morgan fingerprint density at radius 3 is 1.00 bits per heavy atom. The summed E-state index contributed by atoms with van der Waals surface area (Å²) >= 11 is 0. The van der Waals surface area contributed by atoms with E-state index in [0.717, 1.165) is 19.6 Å². The Hall–Kier alpha value is 0.710. The van der Waals surface area contributed by atoms with Crippen molar-refractivity contribution in [2.24, 2.45) is 17.2 Å². The van der Waals surface area contributed by atoms with Crippen LogP contribution in [-0.2, 0) is 0 Å². The molecule has 86 valence electrons. The number of hydrogen-bond acceptors (Lipinski definition) is 4. The van der Waals surface area contributed by atoms with Crippen LogP contribution in [0.15, 0.2) is 0 Å². The molecule has 6 N–H and O–H groups in total. The fourth-order valence-corrected chi connectivity index (χ4v) is 0.883. The molecule has 0 aromatic heterocycles. The predicted molar refractivity (Wildman–Crippen MR) is 65.3 cm³/mol. The number of nitrogens with two attached hydrogens (primary N) is 3. The minimum Gasteiger partial charge on any atom is -0.329 e. The van der Waals surface area contributed by atoms with E-state index in [9.17, 15) is 0 Å². The molecular formula is C6H21Cl3N4. The highest BCUT2D eigenvalue weighted by molar-refractivity contribution is 5.86. The molecule has 0 aromatic carbocycles. The second-order valence-corrected chi connectivity index (χ2v) is 2.21. The van der Waals surface area contributed by atoms with Crippen LogP contribution < -0.4 is 17.2 Å². The lowest BCUT2D eigenvalue weighted by Crippen LogP contribution is -2.37. The molecule has 13 heavy (non-hydrogen) atoms. The summed E-state index contributed by atoms with van der Waals surface area (Å²) in [7, 11) is 0. The van der Waals surface area contributed by atoms with Gasteiger partial charge in [-0.2, -0.15) is 0 Å². The molecule has 0 bridgehead atoms. The molecule has 0 spiro atoms. The smallest absolute Gasteiger partial charge is 0.0106 e. The van der Waals surface area contributed by atoms with Crippen molar-refractivity contribution in [2.75, 3.05) is 39.3 Å². The van der Waals surface area contributed by atoms with Gasteiger partial charge in [-0.15, -0.1) is 37.2 Å². The lowest BCUT2D eigenvalue weighted by molar-refractivity contribution is 0.297. The molecule has 0 saturated carbocycles. The molecule has 0 saturated heterocycles. The van der Waals surface area contributed by atoms with Gasteiger partial charge in [-0.25, -0.2) is 0 Å². The van der Waals surface area contributed by atoms with E-state index in [0.29, 0.717) is 19.6 Å². The van der Waals surface area contributed by atoms with Gasteiger partial charge >= 0.3 is 0 Å². The average Bonchev–Trinajstić information content (AvgIpc) is 1.90. The standard InChI is InChI=1S/C6H18N4.3ClH/c7-1-4-10(5-2-8)6-3-9;;;/h1-9H2;3*1H. The highest BCUT2D eigenvalue weighted by atomic mass is 35.5. The highest BCUT2D eigenvalue weighted by Gasteiger charge is 1.98. The van der Waals surface area contributed by atoms with Crippen molar-refractivity contribution in [1.82, 2.24) is 4.90 Å². The van der Waals surface area contributed by atoms with E-state index in [1.807, 2.05) is 0 Å². The third-order valence-electron chi connectivity index (χ3n) is 1.34. The fraction of sp³-hybridized carbons (Fsp3) is 1.00. The zero-order valence-electron chi connectivity index (χ0n) is 7.65. The molecule has 0 aliphatic carbocycles. The van der Waals surface area contributed by atoms with Crippen molar-refractivity contribution in [3.8, 4) is 0 Å². The third-order valence-corrected chi connectivity index (χ3v) is 1.34. The van der Waals surface area contributed by atoms with Crippen LogP contribution in [-0.4, -0.2) is 44.2 Å². The van der Waals surface area contributed by atoms with Gasteiger partial charge in [0.1, 0.15) is 0 Å². The molecule has 4 nitrogen and oxygen atoms in total. The highest BCUT2D eigenvalue weighted by Crippen LogP contribution is 1.81. The van der Waals surface area contributed by atoms with Crippen molar-refractivity contribution in [3.63, 3.8) is 0 Å². The van der Waals surface area contributed by atoms with Crippen molar-refractivity contribution in [3.05, 3.63) is 0 Å². The zero-order valence-corrected chi connectivity index (χ0v) is 10.1. The van der Waals surface area contributed by atoms with Crippen LogP contribution in [0.3, 0.4) is 0 Å². The molecule has 0 aliphatic heterocycles. The quantitative estimate of drug-likeness (QED) is 0.594. The summed E-state index contributed by atoms with van der Waals surface area (Å²) < 4.78 is 0. The second kappa shape index (κ2) is 18.5. The molecule has 0 heterocycles. The van der Waals surface area contributed by atoms with E-state index >= 15 is 0 Å². The maximum Gasteiger partial charge on any atom is 0.0106 e. The number of halogens is 3. The molecule has 0 fully saturated rings. The van der Waals surface area contributed by atoms with Crippen LogP contribution in [0.4, 0.5) is 0 Å². The van der Waals surface area contributed by atoms with Crippen molar-refractivity contribution in [1.29, 1.82) is 0 Å². The number of hydrogen-bond donors (Lipinski definition) is 3. The van der Waals surface area contributed by atoms with Gasteiger partial charge in [-0.1, -0.05) is 0 Å². The maximum atomic E-state index is 5.37. The van der Waals surface area contributed by atoms with Crippen molar-refractivity contribution < 1.29 is 0 Å². The SMILES string of the molecule is Cl.Cl.Cl.NCCN(CCN)CCN. The lowest BCUT2D eigenvalue weighted by Gasteiger charge is -2.18. The Balaban J connectivity index is -0.000000135. The zero-order chi connectivity index (χ0) is 7.82. The minimum atomic E-state index is 0. The van der Waals surface area contributed by atoms with Gasteiger partial charge in [0, 0.05) is 39.3 Å². The summed E-state index contributed by atoms with van der Waals surface area (Å²) in [6, 6.07) is 0. The predicted octanol–water partition coefficient (Wildman–Crippen LogP) is -0.570. The third kappa shape index (κ3) is 15.5. The maximum absolute atomic E-state index is 5.37. The topological polar surface area (TPSA) is 81.3 Å². The van der Waals surface area contributed by atoms with Crippen LogP contribution in [0.25, 0.3) is 0 Å². The van der Waals surface area contributed by atoms with Gasteiger partial charge in [0.05, 0.1) is 0 Å². The largest absolute Gasteiger partial charge is 0.329 e. The molecule has 0 aromatic rings. The molecule has 7 heteroatoms. The summed E-state index contributed by atoms with van der Waals surface area (Å²) in [5, 5.41) is 0.